The summed E-state index contributed by atoms with van der Waals surface area (Å²) in [5.74, 6) is 0.314. The predicted octanol–water partition coefficient (Wildman–Crippen LogP) is 3.92. The van der Waals surface area contributed by atoms with E-state index in [0.29, 0.717) is 22.8 Å². The molecule has 168 valence electrons. The van der Waals surface area contributed by atoms with Crippen molar-refractivity contribution in [3.63, 3.8) is 0 Å². The van der Waals surface area contributed by atoms with Crippen molar-refractivity contribution in [1.29, 1.82) is 0 Å². The van der Waals surface area contributed by atoms with Gasteiger partial charge < -0.3 is 10.1 Å². The Balaban J connectivity index is 1.67. The molecule has 1 amide bonds. The van der Waals surface area contributed by atoms with Crippen molar-refractivity contribution in [2.45, 2.75) is 45.6 Å². The van der Waals surface area contributed by atoms with Crippen molar-refractivity contribution >= 4 is 27.6 Å². The van der Waals surface area contributed by atoms with Gasteiger partial charge in [0.15, 0.2) is 6.10 Å². The number of aryl methyl sites for hydroxylation is 3. The minimum Gasteiger partial charge on any atom is -0.481 e. The average Bonchev–Trinajstić information content (AvgIpc) is 2.70. The van der Waals surface area contributed by atoms with E-state index in [-0.39, 0.29) is 16.8 Å². The molecule has 2 N–H and O–H groups in total. The third-order valence-corrected chi connectivity index (χ3v) is 6.21. The molecule has 1 atom stereocenters. The molecule has 32 heavy (non-hydrogen) atoms. The van der Waals surface area contributed by atoms with Crippen molar-refractivity contribution in [2.24, 2.45) is 0 Å². The quantitative estimate of drug-likeness (QED) is 0.560. The molecule has 1 unspecified atom stereocenters. The lowest BCUT2D eigenvalue weighted by Crippen LogP contribution is -2.30. The highest BCUT2D eigenvalue weighted by Crippen LogP contribution is 2.22. The summed E-state index contributed by atoms with van der Waals surface area (Å²) < 4.78 is 33.4. The normalized spacial score (nSPS) is 12.2. The minimum atomic E-state index is -3.87. The lowest BCUT2D eigenvalue weighted by atomic mass is 10.1. The van der Waals surface area contributed by atoms with Crippen molar-refractivity contribution in [3.8, 4) is 5.75 Å². The third kappa shape index (κ3) is 5.61. The Hall–Kier alpha value is -3.46. The van der Waals surface area contributed by atoms with Gasteiger partial charge in [-0.15, -0.1) is 0 Å². The summed E-state index contributed by atoms with van der Waals surface area (Å²) in [5, 5.41) is 2.74. The van der Waals surface area contributed by atoms with Crippen LogP contribution in [0.25, 0.3) is 0 Å². The second-order valence-corrected chi connectivity index (χ2v) is 9.23. The number of hydrogen-bond donors (Lipinski definition) is 2. The maximum Gasteiger partial charge on any atom is 0.265 e. The number of hydrogen-bond acceptors (Lipinski definition) is 6. The number of carbonyl (C=O) groups excluding carboxylic acids is 1. The first-order valence-corrected chi connectivity index (χ1v) is 11.5. The van der Waals surface area contributed by atoms with E-state index in [0.717, 1.165) is 11.1 Å². The zero-order valence-corrected chi connectivity index (χ0v) is 19.4. The largest absolute Gasteiger partial charge is 0.481 e. The van der Waals surface area contributed by atoms with Crippen LogP contribution in [-0.4, -0.2) is 30.4 Å². The summed E-state index contributed by atoms with van der Waals surface area (Å²) in [6, 6.07) is 13.2. The summed E-state index contributed by atoms with van der Waals surface area (Å²) in [4.78, 5) is 20.7. The minimum absolute atomic E-state index is 0.0114. The van der Waals surface area contributed by atoms with Gasteiger partial charge in [-0.25, -0.2) is 23.1 Å². The molecule has 0 spiro atoms. The van der Waals surface area contributed by atoms with Gasteiger partial charge in [0.25, 0.3) is 15.9 Å². The van der Waals surface area contributed by atoms with Gasteiger partial charge in [-0.2, -0.15) is 0 Å². The third-order valence-electron chi connectivity index (χ3n) is 4.87. The van der Waals surface area contributed by atoms with E-state index >= 15 is 0 Å². The molecular weight excluding hydrogens is 428 g/mol. The summed E-state index contributed by atoms with van der Waals surface area (Å²) in [7, 11) is -3.87. The molecule has 0 aliphatic heterocycles. The number of benzene rings is 2. The second-order valence-electron chi connectivity index (χ2n) is 7.55. The van der Waals surface area contributed by atoms with Gasteiger partial charge in [0.2, 0.25) is 5.95 Å². The zero-order chi connectivity index (χ0) is 23.5. The summed E-state index contributed by atoms with van der Waals surface area (Å²) in [5.41, 5.74) is 3.82. The molecule has 9 heteroatoms. The van der Waals surface area contributed by atoms with Crippen LogP contribution in [0.3, 0.4) is 0 Å². The molecule has 0 aliphatic carbocycles. The topological polar surface area (TPSA) is 110 Å². The fourth-order valence-electron chi connectivity index (χ4n) is 3.01. The summed E-state index contributed by atoms with van der Waals surface area (Å²) in [6.45, 7) is 9.09. The standard InChI is InChI=1S/C23H26N4O4S/c1-14-7-6-8-21(17(14)4)31-18(5)22(28)26-19-9-11-20(12-10-19)32(29,30)27-23-24-15(2)13-16(3)25-23/h6-13,18H,1-5H3,(H,26,28)(H,24,25,27). The first-order chi connectivity index (χ1) is 15.0. The summed E-state index contributed by atoms with van der Waals surface area (Å²) >= 11 is 0. The smallest absolute Gasteiger partial charge is 0.265 e. The van der Waals surface area contributed by atoms with Gasteiger partial charge >= 0.3 is 0 Å². The lowest BCUT2D eigenvalue weighted by molar-refractivity contribution is -0.122. The second kappa shape index (κ2) is 9.35. The Labute approximate surface area is 188 Å². The van der Waals surface area contributed by atoms with Crippen molar-refractivity contribution < 1.29 is 17.9 Å². The van der Waals surface area contributed by atoms with Gasteiger partial charge in [0, 0.05) is 17.1 Å². The Morgan fingerprint density at radius 3 is 2.22 bits per heavy atom. The van der Waals surface area contributed by atoms with Gasteiger partial charge in [0.05, 0.1) is 4.90 Å². The molecule has 2 aromatic carbocycles. The number of nitrogens with one attached hydrogen (secondary N) is 2. The number of aromatic nitrogens is 2. The number of nitrogens with zero attached hydrogens (tertiary/aromatic N) is 2. The maximum absolute atomic E-state index is 12.6. The molecule has 1 aromatic heterocycles. The van der Waals surface area contributed by atoms with Crippen molar-refractivity contribution in [3.05, 3.63) is 71.0 Å². The monoisotopic (exact) mass is 454 g/mol. The summed E-state index contributed by atoms with van der Waals surface area (Å²) in [6.07, 6.45) is -0.734. The van der Waals surface area contributed by atoms with Crippen LogP contribution in [0.15, 0.2) is 53.4 Å². The number of sulfonamides is 1. The van der Waals surface area contributed by atoms with Crippen molar-refractivity contribution in [1.82, 2.24) is 9.97 Å². The zero-order valence-electron chi connectivity index (χ0n) is 18.6. The molecule has 1 heterocycles. The highest BCUT2D eigenvalue weighted by atomic mass is 32.2. The van der Waals surface area contributed by atoms with Gasteiger partial charge in [-0.1, -0.05) is 12.1 Å². The van der Waals surface area contributed by atoms with E-state index in [1.54, 1.807) is 26.8 Å². The Morgan fingerprint density at radius 2 is 1.59 bits per heavy atom. The maximum atomic E-state index is 12.6. The SMILES string of the molecule is Cc1cc(C)nc(NS(=O)(=O)c2ccc(NC(=O)C(C)Oc3cccc(C)c3C)cc2)n1. The number of amides is 1. The van der Waals surface area contributed by atoms with E-state index in [4.69, 9.17) is 4.74 Å². The van der Waals surface area contributed by atoms with E-state index in [2.05, 4.69) is 20.0 Å². The molecule has 0 aliphatic rings. The lowest BCUT2D eigenvalue weighted by Gasteiger charge is -2.17. The predicted molar refractivity (Wildman–Crippen MR) is 123 cm³/mol. The van der Waals surface area contributed by atoms with E-state index in [1.807, 2.05) is 32.0 Å². The molecule has 0 bridgehead atoms. The number of carbonyl (C=O) groups is 1. The van der Waals surface area contributed by atoms with Crippen LogP contribution in [-0.2, 0) is 14.8 Å². The molecule has 3 rings (SSSR count). The van der Waals surface area contributed by atoms with Crippen LogP contribution in [0.2, 0.25) is 0 Å². The van der Waals surface area contributed by atoms with Gasteiger partial charge in [-0.05, 0) is 82.1 Å². The van der Waals surface area contributed by atoms with Crippen LogP contribution in [0.5, 0.6) is 5.75 Å². The van der Waals surface area contributed by atoms with Gasteiger partial charge in [0.1, 0.15) is 5.75 Å². The molecule has 8 nitrogen and oxygen atoms in total. The highest BCUT2D eigenvalue weighted by molar-refractivity contribution is 7.92. The molecule has 0 saturated carbocycles. The number of anilines is 2. The first-order valence-electron chi connectivity index (χ1n) is 10.0. The van der Waals surface area contributed by atoms with Crippen LogP contribution in [0.1, 0.15) is 29.4 Å². The van der Waals surface area contributed by atoms with E-state index in [9.17, 15) is 13.2 Å². The molecule has 0 saturated heterocycles. The van der Waals surface area contributed by atoms with E-state index in [1.165, 1.54) is 24.3 Å². The van der Waals surface area contributed by atoms with Crippen LogP contribution < -0.4 is 14.8 Å². The molecule has 0 radical (unpaired) electrons. The van der Waals surface area contributed by atoms with Crippen LogP contribution >= 0.6 is 0 Å². The van der Waals surface area contributed by atoms with E-state index < -0.39 is 16.1 Å². The number of rotatable bonds is 7. The Morgan fingerprint density at radius 1 is 0.969 bits per heavy atom. The van der Waals surface area contributed by atoms with Crippen molar-refractivity contribution in [2.75, 3.05) is 10.0 Å². The Kier molecular flexibility index (Phi) is 6.78. The van der Waals surface area contributed by atoms with Crippen LogP contribution in [0, 0.1) is 27.7 Å². The van der Waals surface area contributed by atoms with Gasteiger partial charge in [-0.3, -0.25) is 4.79 Å². The molecular formula is C23H26N4O4S. The fourth-order valence-corrected chi connectivity index (χ4v) is 3.95. The Bertz CT molecular complexity index is 1220. The fraction of sp³-hybridized carbons (Fsp3) is 0.261. The first kappa shape index (κ1) is 23.2. The number of ether oxygens (including phenoxy) is 1. The molecule has 0 fully saturated rings. The van der Waals surface area contributed by atoms with Crippen LogP contribution in [0.4, 0.5) is 11.6 Å². The molecule has 3 aromatic rings. The average molecular weight is 455 g/mol. The highest BCUT2D eigenvalue weighted by Gasteiger charge is 2.19.